The predicted octanol–water partition coefficient (Wildman–Crippen LogP) is 3.11. The van der Waals surface area contributed by atoms with Gasteiger partial charge in [-0.05, 0) is 44.4 Å². The van der Waals surface area contributed by atoms with E-state index in [0.717, 1.165) is 43.3 Å². The Morgan fingerprint density at radius 1 is 1.24 bits per heavy atom. The minimum absolute atomic E-state index is 0.171. The number of thioether (sulfide) groups is 1. The molecule has 0 bridgehead atoms. The van der Waals surface area contributed by atoms with Gasteiger partial charge >= 0.3 is 0 Å². The molecule has 5 heteroatoms. The first kappa shape index (κ1) is 15.3. The highest BCUT2D eigenvalue weighted by Gasteiger charge is 2.48. The molecule has 3 aliphatic rings. The van der Waals surface area contributed by atoms with Gasteiger partial charge in [0.25, 0.3) is 0 Å². The van der Waals surface area contributed by atoms with E-state index in [2.05, 4.69) is 5.32 Å². The third kappa shape index (κ3) is 3.45. The minimum Gasteiger partial charge on any atom is -0.381 e. The Morgan fingerprint density at radius 2 is 1.95 bits per heavy atom. The fourth-order valence-electron chi connectivity index (χ4n) is 3.74. The number of rotatable bonds is 3. The lowest BCUT2D eigenvalue weighted by Gasteiger charge is -2.32. The number of nitrogens with one attached hydrogen (secondary N) is 1. The number of carbonyl (C=O) groups excluding carboxylic acids is 1. The molecular formula is C16H26N2O2S. The second-order valence-corrected chi connectivity index (χ2v) is 8.01. The number of methoxy groups -OCH3 is 1. The van der Waals surface area contributed by atoms with E-state index in [4.69, 9.17) is 9.73 Å². The highest BCUT2D eigenvalue weighted by molar-refractivity contribution is 8.16. The zero-order chi connectivity index (χ0) is 14.7. The Hall–Kier alpha value is -0.550. The van der Waals surface area contributed by atoms with E-state index < -0.39 is 0 Å². The number of carbonyl (C=O) groups is 1. The number of aliphatic imine (C=N–C) groups is 1. The van der Waals surface area contributed by atoms with Crippen molar-refractivity contribution in [2.75, 3.05) is 13.7 Å². The summed E-state index contributed by atoms with van der Waals surface area (Å²) in [7, 11) is 1.77. The van der Waals surface area contributed by atoms with Gasteiger partial charge in [0.1, 0.15) is 4.75 Å². The smallest absolute Gasteiger partial charge is 0.242 e. The average molecular weight is 310 g/mol. The van der Waals surface area contributed by atoms with Crippen LogP contribution in [0.4, 0.5) is 0 Å². The predicted molar refractivity (Wildman–Crippen MR) is 86.6 cm³/mol. The quantitative estimate of drug-likeness (QED) is 0.871. The zero-order valence-corrected chi connectivity index (χ0v) is 13.7. The van der Waals surface area contributed by atoms with Crippen molar-refractivity contribution in [3.63, 3.8) is 0 Å². The monoisotopic (exact) mass is 310 g/mol. The molecule has 1 saturated heterocycles. The van der Waals surface area contributed by atoms with Crippen LogP contribution in [-0.4, -0.2) is 35.6 Å². The molecule has 1 N–H and O–H groups in total. The van der Waals surface area contributed by atoms with Gasteiger partial charge < -0.3 is 10.1 Å². The lowest BCUT2D eigenvalue weighted by Crippen LogP contribution is -2.41. The molecule has 3 rings (SSSR count). The van der Waals surface area contributed by atoms with E-state index >= 15 is 0 Å². The van der Waals surface area contributed by atoms with Crippen LogP contribution in [0.1, 0.15) is 57.8 Å². The van der Waals surface area contributed by atoms with Crippen LogP contribution >= 0.6 is 11.8 Å². The second-order valence-electron chi connectivity index (χ2n) is 6.64. The maximum atomic E-state index is 12.4. The van der Waals surface area contributed by atoms with Gasteiger partial charge in [0.15, 0.2) is 5.17 Å². The molecule has 1 spiro atoms. The van der Waals surface area contributed by atoms with Crippen molar-refractivity contribution < 1.29 is 9.53 Å². The van der Waals surface area contributed by atoms with Gasteiger partial charge in [0.2, 0.25) is 5.91 Å². The van der Waals surface area contributed by atoms with Crippen molar-refractivity contribution in [2.45, 2.75) is 68.6 Å². The zero-order valence-electron chi connectivity index (χ0n) is 12.9. The molecule has 21 heavy (non-hydrogen) atoms. The van der Waals surface area contributed by atoms with Crippen molar-refractivity contribution in [3.8, 4) is 0 Å². The third-order valence-electron chi connectivity index (χ3n) is 5.22. The Labute approximate surface area is 131 Å². The van der Waals surface area contributed by atoms with Crippen LogP contribution in [0, 0.1) is 5.92 Å². The van der Waals surface area contributed by atoms with Gasteiger partial charge in [-0.25, -0.2) is 0 Å². The van der Waals surface area contributed by atoms with Gasteiger partial charge in [-0.2, -0.15) is 0 Å². The number of hydrogen-bond acceptors (Lipinski definition) is 4. The van der Waals surface area contributed by atoms with Crippen LogP contribution in [0.5, 0.6) is 0 Å². The van der Waals surface area contributed by atoms with Crippen molar-refractivity contribution >= 4 is 22.8 Å². The Bertz CT molecular complexity index is 411. The topological polar surface area (TPSA) is 50.7 Å². The average Bonchev–Trinajstić information content (AvgIpc) is 2.83. The van der Waals surface area contributed by atoms with Crippen molar-refractivity contribution in [3.05, 3.63) is 0 Å². The molecule has 0 aromatic rings. The number of hydrogen-bond donors (Lipinski definition) is 1. The SMILES string of the molecule is COC1CCC2(CC1)SC(=NCC1CCCCC1)NC2=O. The molecule has 0 aromatic carbocycles. The third-order valence-corrected chi connectivity index (χ3v) is 6.63. The Morgan fingerprint density at radius 3 is 2.62 bits per heavy atom. The van der Waals surface area contributed by atoms with E-state index in [1.807, 2.05) is 0 Å². The van der Waals surface area contributed by atoms with Gasteiger partial charge in [-0.15, -0.1) is 0 Å². The second kappa shape index (κ2) is 6.69. The van der Waals surface area contributed by atoms with E-state index in [1.54, 1.807) is 18.9 Å². The lowest BCUT2D eigenvalue weighted by atomic mass is 9.86. The van der Waals surface area contributed by atoms with Crippen LogP contribution in [-0.2, 0) is 9.53 Å². The van der Waals surface area contributed by atoms with Gasteiger partial charge in [0, 0.05) is 13.7 Å². The number of ether oxygens (including phenoxy) is 1. The van der Waals surface area contributed by atoms with Crippen molar-refractivity contribution in [1.82, 2.24) is 5.32 Å². The standard InChI is InChI=1S/C16H26N2O2S/c1-20-13-7-9-16(10-8-13)14(19)18-15(21-16)17-11-12-5-3-2-4-6-12/h12-13H,2-11H2,1H3,(H,17,18,19). The van der Waals surface area contributed by atoms with Crippen LogP contribution in [0.25, 0.3) is 0 Å². The Kier molecular flexibility index (Phi) is 4.89. The summed E-state index contributed by atoms with van der Waals surface area (Å²) in [6.45, 7) is 0.888. The fourth-order valence-corrected chi connectivity index (χ4v) is 4.98. The van der Waals surface area contributed by atoms with Crippen LogP contribution in [0.2, 0.25) is 0 Å². The number of nitrogens with zero attached hydrogens (tertiary/aromatic N) is 1. The summed E-state index contributed by atoms with van der Waals surface area (Å²) in [4.78, 5) is 17.1. The molecule has 2 saturated carbocycles. The summed E-state index contributed by atoms with van der Waals surface area (Å²) >= 11 is 1.68. The molecular weight excluding hydrogens is 284 g/mol. The Balaban J connectivity index is 1.56. The van der Waals surface area contributed by atoms with Crippen molar-refractivity contribution in [1.29, 1.82) is 0 Å². The fraction of sp³-hybridized carbons (Fsp3) is 0.875. The molecule has 0 radical (unpaired) electrons. The molecule has 2 aliphatic carbocycles. The summed E-state index contributed by atoms with van der Waals surface area (Å²) in [6.07, 6.45) is 10.8. The summed E-state index contributed by atoms with van der Waals surface area (Å²) in [5, 5.41) is 3.88. The summed E-state index contributed by atoms with van der Waals surface area (Å²) in [5.41, 5.74) is 0. The van der Waals surface area contributed by atoms with E-state index in [-0.39, 0.29) is 10.7 Å². The summed E-state index contributed by atoms with van der Waals surface area (Å²) < 4.78 is 5.15. The van der Waals surface area contributed by atoms with Crippen LogP contribution in [0.15, 0.2) is 4.99 Å². The van der Waals surface area contributed by atoms with Gasteiger partial charge in [-0.1, -0.05) is 31.0 Å². The molecule has 0 aromatic heterocycles. The van der Waals surface area contributed by atoms with Crippen LogP contribution < -0.4 is 5.32 Å². The van der Waals surface area contributed by atoms with E-state index in [0.29, 0.717) is 6.10 Å². The first-order chi connectivity index (χ1) is 10.2. The van der Waals surface area contributed by atoms with Gasteiger partial charge in [-0.3, -0.25) is 9.79 Å². The first-order valence-electron chi connectivity index (χ1n) is 8.29. The highest BCUT2D eigenvalue weighted by Crippen LogP contribution is 2.44. The van der Waals surface area contributed by atoms with Gasteiger partial charge in [0.05, 0.1) is 6.10 Å². The van der Waals surface area contributed by atoms with E-state index in [9.17, 15) is 4.79 Å². The van der Waals surface area contributed by atoms with Crippen molar-refractivity contribution in [2.24, 2.45) is 10.9 Å². The molecule has 0 atom stereocenters. The lowest BCUT2D eigenvalue weighted by molar-refractivity contribution is -0.123. The highest BCUT2D eigenvalue weighted by atomic mass is 32.2. The summed E-state index contributed by atoms with van der Waals surface area (Å²) in [6, 6.07) is 0. The maximum Gasteiger partial charge on any atom is 0.242 e. The van der Waals surface area contributed by atoms with Crippen LogP contribution in [0.3, 0.4) is 0 Å². The molecule has 1 amide bonds. The normalized spacial score (nSPS) is 36.3. The number of amidine groups is 1. The number of amides is 1. The molecule has 3 fully saturated rings. The summed E-state index contributed by atoms with van der Waals surface area (Å²) in [5.74, 6) is 0.897. The molecule has 4 nitrogen and oxygen atoms in total. The first-order valence-corrected chi connectivity index (χ1v) is 9.11. The minimum atomic E-state index is -0.263. The molecule has 1 heterocycles. The molecule has 118 valence electrons. The maximum absolute atomic E-state index is 12.4. The molecule has 1 aliphatic heterocycles. The van der Waals surface area contributed by atoms with E-state index in [1.165, 1.54) is 32.1 Å². The largest absolute Gasteiger partial charge is 0.381 e. The molecule has 0 unspecified atom stereocenters.